The van der Waals surface area contributed by atoms with Crippen LogP contribution in [0.2, 0.25) is 0 Å². The number of anilines is 1. The average molecular weight is 1500 g/mol. The number of allylic oxidation sites excluding steroid dienone is 2. The van der Waals surface area contributed by atoms with Crippen LogP contribution in [0.15, 0.2) is 79.6 Å². The van der Waals surface area contributed by atoms with Gasteiger partial charge in [-0.15, -0.1) is 10.2 Å². The molecule has 3 aliphatic rings. The number of urea groups is 1. The van der Waals surface area contributed by atoms with Crippen LogP contribution in [0.5, 0.6) is 5.75 Å². The molecule has 4 atom stereocenters. The van der Waals surface area contributed by atoms with Crippen molar-refractivity contribution in [2.45, 2.75) is 172 Å². The number of rotatable bonds is 54. The third-order valence-electron chi connectivity index (χ3n) is 17.6. The number of unbranched alkanes of at least 4 members (excludes halogenated alkanes) is 6. The highest BCUT2D eigenvalue weighted by Gasteiger charge is 2.43. The van der Waals surface area contributed by atoms with E-state index in [1.54, 1.807) is 42.5 Å². The summed E-state index contributed by atoms with van der Waals surface area (Å²) in [5.41, 5.74) is 10.1. The number of fused-ring (bicyclic) bond motifs is 2. The minimum Gasteiger partial charge on any atom is -0.494 e. The van der Waals surface area contributed by atoms with Crippen LogP contribution < -0.4 is 69.1 Å². The van der Waals surface area contributed by atoms with Crippen LogP contribution in [0.4, 0.5) is 10.5 Å². The SMILES string of the molecule is Cn1[nH]c(=O)c2cc(OCCCCCCNC(=O)CCC(=O)N[C@@H](CCCCNC(=O)CCCCC(NCCOCCOCCNC(=O)/C(N=N)=N/Nc3ccccc3)=C3C(=O)CC(C)(C)CC3=O)C(=O)NCCCOCCOCCOCCCNC(=O)CCCC[C@@H]3SC[C@@H]4NC(=O)N[C@@H]43)ccc2c1=O. The number of Topliss-reactive ketones (excluding diaryl/α,β-unsaturated/α-hetero) is 2. The molecule has 586 valence electrons. The van der Waals surface area contributed by atoms with Crippen LogP contribution in [0.1, 0.15) is 149 Å². The van der Waals surface area contributed by atoms with Crippen LogP contribution in [0.25, 0.3) is 10.8 Å². The largest absolute Gasteiger partial charge is 0.494 e. The fourth-order valence-corrected chi connectivity index (χ4v) is 13.6. The number of H-pyrrole nitrogens is 1. The van der Waals surface area contributed by atoms with Gasteiger partial charge in [0.25, 0.3) is 22.9 Å². The first-order chi connectivity index (χ1) is 51.3. The third-order valence-corrected chi connectivity index (χ3v) is 19.1. The number of nitrogens with zero attached hydrogens (tertiary/aromatic N) is 3. The van der Waals surface area contributed by atoms with Crippen LogP contribution in [0.3, 0.4) is 0 Å². The molecule has 8 amide bonds. The molecule has 1 aliphatic carbocycles. The summed E-state index contributed by atoms with van der Waals surface area (Å²) in [4.78, 5) is 140. The zero-order valence-corrected chi connectivity index (χ0v) is 62.5. The van der Waals surface area contributed by atoms with Crippen molar-refractivity contribution in [1.29, 1.82) is 5.53 Å². The van der Waals surface area contributed by atoms with E-state index in [2.05, 4.69) is 68.6 Å². The molecular formula is C73H111N15O17S. The van der Waals surface area contributed by atoms with Crippen molar-refractivity contribution in [3.63, 3.8) is 0 Å². The summed E-state index contributed by atoms with van der Waals surface area (Å²) in [5.74, 6) is -1.35. The molecule has 0 spiro atoms. The van der Waals surface area contributed by atoms with Gasteiger partial charge in [-0.05, 0) is 113 Å². The van der Waals surface area contributed by atoms with E-state index in [4.69, 9.17) is 34.0 Å². The number of amidine groups is 1. The second-order valence-electron chi connectivity index (χ2n) is 27.0. The molecule has 1 aromatic heterocycles. The molecule has 2 aromatic carbocycles. The van der Waals surface area contributed by atoms with E-state index in [0.29, 0.717) is 158 Å². The maximum absolute atomic E-state index is 13.6. The molecule has 1 saturated carbocycles. The highest BCUT2D eigenvalue weighted by molar-refractivity contribution is 8.00. The number of amides is 8. The molecule has 0 radical (unpaired) electrons. The van der Waals surface area contributed by atoms with Crippen molar-refractivity contribution in [3.05, 3.63) is 80.5 Å². The highest BCUT2D eigenvalue weighted by Crippen LogP contribution is 2.36. The lowest BCUT2D eigenvalue weighted by Crippen LogP contribution is -2.47. The van der Waals surface area contributed by atoms with Crippen molar-refractivity contribution in [2.24, 2.45) is 22.7 Å². The van der Waals surface area contributed by atoms with Gasteiger partial charge in [-0.1, -0.05) is 51.3 Å². The van der Waals surface area contributed by atoms with Gasteiger partial charge in [-0.25, -0.2) is 10.3 Å². The van der Waals surface area contributed by atoms with Crippen LogP contribution >= 0.6 is 11.8 Å². The van der Waals surface area contributed by atoms with Gasteiger partial charge in [0.15, 0.2) is 11.6 Å². The molecule has 12 N–H and O–H groups in total. The molecule has 3 heterocycles. The molecule has 2 saturated heterocycles. The number of hydrogen-bond acceptors (Lipinski definition) is 22. The summed E-state index contributed by atoms with van der Waals surface area (Å²) in [7, 11) is 1.48. The maximum atomic E-state index is 13.6. The topological polar surface area (TPSA) is 433 Å². The first-order valence-corrected chi connectivity index (χ1v) is 38.2. The van der Waals surface area contributed by atoms with E-state index in [0.717, 1.165) is 49.0 Å². The smallest absolute Gasteiger partial charge is 0.315 e. The monoisotopic (exact) mass is 1500 g/mol. The minimum atomic E-state index is -0.905. The summed E-state index contributed by atoms with van der Waals surface area (Å²) >= 11 is 1.88. The standard InChI is InChI=1S/C73H111N15O17S/c1-73(2)48-58(89)65(59(90)49-73)55(75-34-39-102-43-44-103-40-35-80-70(97)67(84-74)86-85-51-19-7-6-8-20-51)21-9-11-24-61(91)76-31-15-13-22-56(81-64(94)29-28-63(93)77-30-14-4-5-16-38-105-52-26-27-53-54(47-52)68(95)87-88(3)71(53)98)69(96)79-33-18-37-101-42-46-104-45-41-100-36-17-32-78-62(92)25-12-10-23-60-66-57(50-106-60)82-72(99)83-66/h6-8,19-20,26-27,47,56-57,60,66,74-75,85H,4-5,9-18,21-25,28-46,48-50H2,1-3H3,(H,76,91)(H,77,93)(H,78,92)(H,79,96)(H,80,97)(H,81,94)(H,87,95)(H2,82,83,99)/b84-74?,86-67-/t56-,57-,60-,66-/m0/s1. The van der Waals surface area contributed by atoms with Gasteiger partial charge in [0, 0.05) is 115 Å². The maximum Gasteiger partial charge on any atom is 0.315 e. The highest BCUT2D eigenvalue weighted by atomic mass is 32.2. The van der Waals surface area contributed by atoms with E-state index < -0.39 is 29.2 Å². The first kappa shape index (κ1) is 86.3. The number of thioether (sulfide) groups is 1. The quantitative estimate of drug-likeness (QED) is 0.00537. The Bertz CT molecular complexity index is 3480. The van der Waals surface area contributed by atoms with Crippen molar-refractivity contribution >= 4 is 87.1 Å². The second-order valence-corrected chi connectivity index (χ2v) is 28.3. The molecule has 106 heavy (non-hydrogen) atoms. The number of ketones is 2. The average Bonchev–Trinajstić information content (AvgIpc) is 1.44. The van der Waals surface area contributed by atoms with Gasteiger partial charge in [0.05, 0.1) is 93.6 Å². The number of benzene rings is 2. The van der Waals surface area contributed by atoms with E-state index in [1.807, 2.05) is 31.7 Å². The lowest BCUT2D eigenvalue weighted by atomic mass is 9.73. The Labute approximate surface area is 623 Å². The van der Waals surface area contributed by atoms with Gasteiger partial charge in [0.2, 0.25) is 29.5 Å². The molecule has 2 aliphatic heterocycles. The molecule has 33 heteroatoms. The lowest BCUT2D eigenvalue weighted by Gasteiger charge is -2.30. The predicted molar refractivity (Wildman–Crippen MR) is 400 cm³/mol. The number of para-hydroxylation sites is 1. The Kier molecular flexibility index (Phi) is 40.1. The van der Waals surface area contributed by atoms with Gasteiger partial charge < -0.3 is 76.3 Å². The minimum absolute atomic E-state index is 0.0241. The number of carbonyl (C=O) groups is 9. The molecule has 3 fully saturated rings. The third kappa shape index (κ3) is 33.4. The Hall–Kier alpha value is -8.63. The van der Waals surface area contributed by atoms with Crippen LogP contribution in [-0.4, -0.2) is 210 Å². The summed E-state index contributed by atoms with van der Waals surface area (Å²) in [6, 6.07) is 13.1. The lowest BCUT2D eigenvalue weighted by molar-refractivity contribution is -0.130. The number of aromatic amines is 1. The summed E-state index contributed by atoms with van der Waals surface area (Å²) in [6.45, 7) is 9.34. The first-order valence-electron chi connectivity index (χ1n) is 37.2. The number of hydrogen-bond donors (Lipinski definition) is 12. The predicted octanol–water partition coefficient (Wildman–Crippen LogP) is 4.59. The van der Waals surface area contributed by atoms with Gasteiger partial charge in [0.1, 0.15) is 11.8 Å². The van der Waals surface area contributed by atoms with Gasteiger partial charge in [-0.3, -0.25) is 63.2 Å². The molecule has 3 aromatic rings. The molecular weight excluding hydrogens is 1390 g/mol. The molecule has 0 unspecified atom stereocenters. The zero-order valence-electron chi connectivity index (χ0n) is 61.7. The summed E-state index contributed by atoms with van der Waals surface area (Å²) < 4.78 is 35.2. The molecule has 0 bridgehead atoms. The number of ether oxygens (including phenoxy) is 6. The van der Waals surface area contributed by atoms with E-state index >= 15 is 0 Å². The second kappa shape index (κ2) is 49.3. The summed E-state index contributed by atoms with van der Waals surface area (Å²) in [6.07, 6.45) is 10.5. The Morgan fingerprint density at radius 2 is 1.16 bits per heavy atom. The number of carbonyl (C=O) groups excluding carboxylic acids is 9. The van der Waals surface area contributed by atoms with Crippen LogP contribution in [-0.2, 0) is 69.1 Å². The number of aromatic nitrogens is 2. The van der Waals surface area contributed by atoms with Crippen molar-refractivity contribution in [1.82, 2.24) is 57.6 Å². The van der Waals surface area contributed by atoms with Gasteiger partial charge in [-0.2, -0.15) is 11.8 Å². The van der Waals surface area contributed by atoms with E-state index in [1.165, 1.54) is 7.05 Å². The Morgan fingerprint density at radius 1 is 0.585 bits per heavy atom. The van der Waals surface area contributed by atoms with E-state index in [9.17, 15) is 52.7 Å². The fraction of sp³-hybridized carbons (Fsp3) is 0.644. The summed E-state index contributed by atoms with van der Waals surface area (Å²) in [5, 5.41) is 36.7. The Morgan fingerprint density at radius 3 is 1.83 bits per heavy atom. The van der Waals surface area contributed by atoms with Crippen molar-refractivity contribution in [2.75, 3.05) is 123 Å². The number of nitrogens with one attached hydrogen (secondary N) is 12. The van der Waals surface area contributed by atoms with Crippen LogP contribution in [0, 0.1) is 10.9 Å². The normalized spacial score (nSPS) is 16.3. The zero-order chi connectivity index (χ0) is 76.2. The van der Waals surface area contributed by atoms with E-state index in [-0.39, 0.29) is 153 Å². The van der Waals surface area contributed by atoms with Crippen molar-refractivity contribution in [3.8, 4) is 5.75 Å². The molecule has 32 nitrogen and oxygen atoms in total. The number of hydrazone groups is 1. The molecule has 6 rings (SSSR count). The number of aryl methyl sites for hydroxylation is 1. The van der Waals surface area contributed by atoms with Gasteiger partial charge >= 0.3 is 6.03 Å². The fourth-order valence-electron chi connectivity index (χ4n) is 12.0. The van der Waals surface area contributed by atoms with Crippen molar-refractivity contribution < 1.29 is 71.6 Å². The Balaban J connectivity index is 0.831.